The van der Waals surface area contributed by atoms with E-state index in [1.807, 2.05) is 77.5 Å². The number of halogens is 1. The minimum atomic E-state index is -0.218. The summed E-state index contributed by atoms with van der Waals surface area (Å²) in [6, 6.07) is 19.4. The van der Waals surface area contributed by atoms with Crippen molar-refractivity contribution in [3.63, 3.8) is 0 Å². The number of aromatic nitrogens is 3. The highest BCUT2D eigenvalue weighted by molar-refractivity contribution is 7.99. The number of rotatable bonds is 7. The number of amides is 1. The van der Waals surface area contributed by atoms with Gasteiger partial charge in [0.2, 0.25) is 0 Å². The van der Waals surface area contributed by atoms with E-state index < -0.39 is 0 Å². The molecule has 0 aliphatic rings. The maximum Gasteiger partial charge on any atom is 0.250 e. The van der Waals surface area contributed by atoms with E-state index in [0.717, 1.165) is 21.7 Å². The predicted octanol–water partition coefficient (Wildman–Crippen LogP) is 5.20. The van der Waals surface area contributed by atoms with Crippen molar-refractivity contribution >= 4 is 46.8 Å². The number of hydrogen-bond acceptors (Lipinski definition) is 6. The normalized spacial score (nSPS) is 11.2. The Balaban J connectivity index is 1.54. The lowest BCUT2D eigenvalue weighted by Gasteiger charge is -2.10. The second kappa shape index (κ2) is 9.91. The number of carbonyl (C=O) groups is 1. The fraction of sp³-hybridized carbons (Fsp3) is 0.0909. The van der Waals surface area contributed by atoms with Crippen molar-refractivity contribution < 1.29 is 4.79 Å². The number of aryl methyl sites for hydroxylation is 1. The van der Waals surface area contributed by atoms with E-state index in [1.54, 1.807) is 17.6 Å². The summed E-state index contributed by atoms with van der Waals surface area (Å²) >= 11 is 8.89. The van der Waals surface area contributed by atoms with Crippen LogP contribution in [0.15, 0.2) is 76.3 Å². The van der Waals surface area contributed by atoms with E-state index in [4.69, 9.17) is 11.6 Å². The smallest absolute Gasteiger partial charge is 0.250 e. The average Bonchev–Trinajstić information content (AvgIpc) is 3.43. The van der Waals surface area contributed by atoms with E-state index in [1.165, 1.54) is 11.8 Å². The van der Waals surface area contributed by atoms with Gasteiger partial charge in [-0.25, -0.2) is 5.43 Å². The van der Waals surface area contributed by atoms with Crippen LogP contribution in [-0.2, 0) is 4.79 Å². The van der Waals surface area contributed by atoms with Gasteiger partial charge in [0.25, 0.3) is 5.91 Å². The van der Waals surface area contributed by atoms with Crippen molar-refractivity contribution in [1.29, 1.82) is 0 Å². The highest BCUT2D eigenvalue weighted by atomic mass is 35.5. The molecule has 0 aliphatic carbocycles. The van der Waals surface area contributed by atoms with E-state index in [0.29, 0.717) is 16.0 Å². The lowest BCUT2D eigenvalue weighted by Crippen LogP contribution is -2.19. The summed E-state index contributed by atoms with van der Waals surface area (Å²) in [5.74, 6) is 0.621. The van der Waals surface area contributed by atoms with Crippen LogP contribution in [0.5, 0.6) is 0 Å². The Morgan fingerprint density at radius 3 is 2.65 bits per heavy atom. The van der Waals surface area contributed by atoms with Gasteiger partial charge in [-0.3, -0.25) is 9.36 Å². The second-order valence-electron chi connectivity index (χ2n) is 6.58. The largest absolute Gasteiger partial charge is 0.272 e. The molecule has 156 valence electrons. The molecule has 31 heavy (non-hydrogen) atoms. The van der Waals surface area contributed by atoms with Crippen LogP contribution in [0.25, 0.3) is 17.1 Å². The van der Waals surface area contributed by atoms with Crippen molar-refractivity contribution in [3.8, 4) is 17.1 Å². The molecule has 0 saturated carbocycles. The van der Waals surface area contributed by atoms with Gasteiger partial charge in [0.15, 0.2) is 11.0 Å². The molecule has 0 saturated heterocycles. The van der Waals surface area contributed by atoms with Crippen LogP contribution in [0.3, 0.4) is 0 Å². The Bertz CT molecular complexity index is 1190. The van der Waals surface area contributed by atoms with Gasteiger partial charge in [-0.2, -0.15) is 5.10 Å². The van der Waals surface area contributed by atoms with Gasteiger partial charge in [0.05, 0.1) is 12.0 Å². The Kier molecular flexibility index (Phi) is 6.81. The molecule has 1 amide bonds. The molecule has 0 unspecified atom stereocenters. The van der Waals surface area contributed by atoms with E-state index in [9.17, 15) is 4.79 Å². The number of thioether (sulfide) groups is 1. The number of nitrogens with one attached hydrogen (secondary N) is 1. The van der Waals surface area contributed by atoms with Crippen molar-refractivity contribution in [1.82, 2.24) is 20.2 Å². The molecular weight excluding hydrogens is 450 g/mol. The van der Waals surface area contributed by atoms with Gasteiger partial charge in [0, 0.05) is 21.2 Å². The molecule has 4 rings (SSSR count). The van der Waals surface area contributed by atoms with Crippen molar-refractivity contribution in [3.05, 3.63) is 81.5 Å². The van der Waals surface area contributed by atoms with Gasteiger partial charge < -0.3 is 0 Å². The lowest BCUT2D eigenvalue weighted by atomic mass is 10.2. The molecule has 0 aliphatic heterocycles. The van der Waals surface area contributed by atoms with Gasteiger partial charge in [0.1, 0.15) is 0 Å². The third-order valence-corrected chi connectivity index (χ3v) is 6.27. The van der Waals surface area contributed by atoms with Gasteiger partial charge in [-0.15, -0.1) is 21.5 Å². The van der Waals surface area contributed by atoms with E-state index >= 15 is 0 Å². The molecule has 2 aromatic carbocycles. The standard InChI is InChI=1S/C22H18ClN5OS2/c1-15-4-10-18(11-5-15)28-21(16-6-8-17(23)9-7-16)26-27-22(28)31-14-20(29)25-24-13-19-3-2-12-30-19/h2-13H,14H2,1H3,(H,25,29). The molecule has 0 atom stereocenters. The molecule has 0 radical (unpaired) electrons. The first kappa shape index (κ1) is 21.3. The molecule has 0 fully saturated rings. The Morgan fingerprint density at radius 2 is 1.94 bits per heavy atom. The number of carbonyl (C=O) groups excluding carboxylic acids is 1. The number of thiophene rings is 1. The Labute approximate surface area is 193 Å². The number of hydrogen-bond donors (Lipinski definition) is 1. The molecule has 9 heteroatoms. The van der Waals surface area contributed by atoms with Crippen LogP contribution in [0.2, 0.25) is 5.02 Å². The highest BCUT2D eigenvalue weighted by Gasteiger charge is 2.17. The minimum Gasteiger partial charge on any atom is -0.272 e. The number of hydrazone groups is 1. The van der Waals surface area contributed by atoms with Gasteiger partial charge in [-0.1, -0.05) is 47.1 Å². The quantitative estimate of drug-likeness (QED) is 0.230. The average molecular weight is 468 g/mol. The second-order valence-corrected chi connectivity index (χ2v) is 8.94. The zero-order chi connectivity index (χ0) is 21.6. The third kappa shape index (κ3) is 5.41. The highest BCUT2D eigenvalue weighted by Crippen LogP contribution is 2.28. The SMILES string of the molecule is Cc1ccc(-n2c(SCC(=O)NN=Cc3cccs3)nnc2-c2ccc(Cl)cc2)cc1. The summed E-state index contributed by atoms with van der Waals surface area (Å²) in [7, 11) is 0. The summed E-state index contributed by atoms with van der Waals surface area (Å²) in [5.41, 5.74) is 5.50. The molecule has 6 nitrogen and oxygen atoms in total. The van der Waals surface area contributed by atoms with Crippen LogP contribution < -0.4 is 5.43 Å². The zero-order valence-corrected chi connectivity index (χ0v) is 18.9. The van der Waals surface area contributed by atoms with Gasteiger partial charge >= 0.3 is 0 Å². The topological polar surface area (TPSA) is 72.2 Å². The lowest BCUT2D eigenvalue weighted by molar-refractivity contribution is -0.118. The fourth-order valence-corrected chi connectivity index (χ4v) is 4.23. The summed E-state index contributed by atoms with van der Waals surface area (Å²) in [5, 5.41) is 15.9. The number of benzene rings is 2. The predicted molar refractivity (Wildman–Crippen MR) is 127 cm³/mol. The van der Waals surface area contributed by atoms with E-state index in [-0.39, 0.29) is 11.7 Å². The van der Waals surface area contributed by atoms with E-state index in [2.05, 4.69) is 20.7 Å². The molecule has 2 heterocycles. The summed E-state index contributed by atoms with van der Waals surface area (Å²) < 4.78 is 1.94. The fourth-order valence-electron chi connectivity index (χ4n) is 2.77. The first-order valence-corrected chi connectivity index (χ1v) is 11.6. The zero-order valence-electron chi connectivity index (χ0n) is 16.5. The minimum absolute atomic E-state index is 0.159. The summed E-state index contributed by atoms with van der Waals surface area (Å²) in [6.45, 7) is 2.03. The summed E-state index contributed by atoms with van der Waals surface area (Å²) in [6.07, 6.45) is 1.63. The molecule has 0 spiro atoms. The molecule has 1 N–H and O–H groups in total. The monoisotopic (exact) mass is 467 g/mol. The van der Waals surface area contributed by atoms with Crippen LogP contribution in [0, 0.1) is 6.92 Å². The third-order valence-electron chi connectivity index (χ3n) is 4.28. The molecular formula is C22H18ClN5OS2. The van der Waals surface area contributed by atoms with Crippen LogP contribution in [0.4, 0.5) is 0 Å². The van der Waals surface area contributed by atoms with Crippen molar-refractivity contribution in [2.75, 3.05) is 5.75 Å². The maximum atomic E-state index is 12.2. The number of nitrogens with zero attached hydrogens (tertiary/aromatic N) is 4. The maximum absolute atomic E-state index is 12.2. The van der Waals surface area contributed by atoms with Crippen molar-refractivity contribution in [2.24, 2.45) is 5.10 Å². The first-order chi connectivity index (χ1) is 15.1. The van der Waals surface area contributed by atoms with Crippen LogP contribution >= 0.6 is 34.7 Å². The van der Waals surface area contributed by atoms with Crippen LogP contribution in [-0.4, -0.2) is 32.6 Å². The van der Waals surface area contributed by atoms with Crippen LogP contribution in [0.1, 0.15) is 10.4 Å². The van der Waals surface area contributed by atoms with Crippen molar-refractivity contribution in [2.45, 2.75) is 12.1 Å². The molecule has 0 bridgehead atoms. The molecule has 2 aromatic heterocycles. The van der Waals surface area contributed by atoms with Gasteiger partial charge in [-0.05, 0) is 54.8 Å². The molecule has 4 aromatic rings. The first-order valence-electron chi connectivity index (χ1n) is 9.37. The summed E-state index contributed by atoms with van der Waals surface area (Å²) in [4.78, 5) is 13.2. The Hall–Kier alpha value is -2.94. The Morgan fingerprint density at radius 1 is 1.16 bits per heavy atom.